The van der Waals surface area contributed by atoms with Crippen molar-refractivity contribution in [3.8, 4) is 0 Å². The van der Waals surface area contributed by atoms with E-state index in [9.17, 15) is 14.0 Å². The molecule has 0 radical (unpaired) electrons. The van der Waals surface area contributed by atoms with Gasteiger partial charge in [-0.25, -0.2) is 4.39 Å². The van der Waals surface area contributed by atoms with Gasteiger partial charge in [-0.05, 0) is 30.5 Å². The molecule has 1 aromatic carbocycles. The predicted octanol–water partition coefficient (Wildman–Crippen LogP) is 0.683. The molecule has 24 heavy (non-hydrogen) atoms. The van der Waals surface area contributed by atoms with Crippen LogP contribution < -0.4 is 10.6 Å². The minimum Gasteiger partial charge on any atom is -0.402 e. The van der Waals surface area contributed by atoms with Crippen molar-refractivity contribution in [2.45, 2.75) is 26.5 Å². The summed E-state index contributed by atoms with van der Waals surface area (Å²) < 4.78 is 18.3. The summed E-state index contributed by atoms with van der Waals surface area (Å²) in [6.45, 7) is 3.27. The van der Waals surface area contributed by atoms with E-state index in [-0.39, 0.29) is 16.5 Å². The largest absolute Gasteiger partial charge is 0.635 e. The van der Waals surface area contributed by atoms with Gasteiger partial charge in [0.2, 0.25) is 5.91 Å². The van der Waals surface area contributed by atoms with Crippen LogP contribution in [0.3, 0.4) is 0 Å². The van der Waals surface area contributed by atoms with E-state index in [1.807, 2.05) is 13.8 Å². The number of nitrogens with one attached hydrogen (secondary N) is 2. The molecule has 0 fully saturated rings. The lowest BCUT2D eigenvalue weighted by atomic mass is 10.1. The highest BCUT2D eigenvalue weighted by molar-refractivity contribution is 6.32. The number of halogens is 2. The van der Waals surface area contributed by atoms with Crippen LogP contribution >= 0.6 is 11.6 Å². The van der Waals surface area contributed by atoms with Crippen molar-refractivity contribution >= 4 is 30.7 Å². The predicted molar refractivity (Wildman–Crippen MR) is 86.4 cm³/mol. The lowest BCUT2D eigenvalue weighted by Crippen LogP contribution is -2.46. The molecule has 0 bridgehead atoms. The highest BCUT2D eigenvalue weighted by Gasteiger charge is 2.21. The fourth-order valence-electron chi connectivity index (χ4n) is 1.88. The number of rotatable bonds is 8. The number of carbonyl (C=O) groups excluding carboxylic acids is 2. The first kappa shape index (κ1) is 20.4. The molecule has 10 heteroatoms. The summed E-state index contributed by atoms with van der Waals surface area (Å²) in [5.41, 5.74) is -0.281. The number of hydrogen-bond acceptors (Lipinski definition) is 5. The number of carbonyl (C=O) groups is 2. The van der Waals surface area contributed by atoms with Crippen LogP contribution in [0.25, 0.3) is 0 Å². The molecule has 1 atom stereocenters. The van der Waals surface area contributed by atoms with Crippen LogP contribution in [0.4, 0.5) is 4.39 Å². The summed E-state index contributed by atoms with van der Waals surface area (Å²) in [4.78, 5) is 23.7. The standard InChI is InChI=1S/C14H19BClFN2O5/c1-8(2)5-13(24-15(22)23)19-12(20)7-18-14(21)10-6-9(16)3-4-11(10)17/h3-4,6,8,13,22-23H,5,7H2,1-2H3,(H,18,21)(H,19,20). The quantitative estimate of drug-likeness (QED) is 0.403. The van der Waals surface area contributed by atoms with E-state index >= 15 is 0 Å². The van der Waals surface area contributed by atoms with Gasteiger partial charge >= 0.3 is 7.32 Å². The van der Waals surface area contributed by atoms with Gasteiger partial charge in [-0.1, -0.05) is 25.4 Å². The Kier molecular flexibility index (Phi) is 8.13. The van der Waals surface area contributed by atoms with Gasteiger partial charge in [-0.2, -0.15) is 0 Å². The molecule has 0 aliphatic heterocycles. The normalized spacial score (nSPS) is 12.0. The molecule has 0 heterocycles. The van der Waals surface area contributed by atoms with Gasteiger partial charge in [0, 0.05) is 5.02 Å². The van der Waals surface area contributed by atoms with Crippen LogP contribution in [0.1, 0.15) is 30.6 Å². The summed E-state index contributed by atoms with van der Waals surface area (Å²) in [7, 11) is -2.04. The Hall–Kier alpha value is -1.68. The van der Waals surface area contributed by atoms with Gasteiger partial charge in [0.1, 0.15) is 12.0 Å². The van der Waals surface area contributed by atoms with Gasteiger partial charge < -0.3 is 25.3 Å². The van der Waals surface area contributed by atoms with Crippen molar-refractivity contribution in [2.24, 2.45) is 5.92 Å². The third kappa shape index (κ3) is 7.26. The van der Waals surface area contributed by atoms with E-state index in [4.69, 9.17) is 26.3 Å². The molecular weight excluding hydrogens is 341 g/mol. The Morgan fingerprint density at radius 2 is 2.04 bits per heavy atom. The van der Waals surface area contributed by atoms with Crippen molar-refractivity contribution in [3.63, 3.8) is 0 Å². The van der Waals surface area contributed by atoms with Crippen LogP contribution in [-0.2, 0) is 9.45 Å². The minimum atomic E-state index is -2.04. The lowest BCUT2D eigenvalue weighted by Gasteiger charge is -2.21. The van der Waals surface area contributed by atoms with Gasteiger partial charge in [-0.15, -0.1) is 0 Å². The molecule has 2 amide bonds. The highest BCUT2D eigenvalue weighted by atomic mass is 35.5. The monoisotopic (exact) mass is 360 g/mol. The molecule has 4 N–H and O–H groups in total. The number of benzene rings is 1. The second-order valence-corrected chi connectivity index (χ2v) is 5.89. The van der Waals surface area contributed by atoms with Gasteiger partial charge in [0.05, 0.1) is 12.1 Å². The zero-order chi connectivity index (χ0) is 18.3. The zero-order valence-electron chi connectivity index (χ0n) is 13.3. The maximum Gasteiger partial charge on any atom is 0.635 e. The summed E-state index contributed by atoms with van der Waals surface area (Å²) in [6, 6.07) is 3.50. The van der Waals surface area contributed by atoms with Crippen LogP contribution in [0.5, 0.6) is 0 Å². The Balaban J connectivity index is 2.57. The first-order valence-electron chi connectivity index (χ1n) is 7.23. The van der Waals surface area contributed by atoms with Gasteiger partial charge in [-0.3, -0.25) is 9.59 Å². The molecule has 1 rings (SSSR count). The Morgan fingerprint density at radius 1 is 1.38 bits per heavy atom. The van der Waals surface area contributed by atoms with Crippen molar-refractivity contribution in [1.29, 1.82) is 0 Å². The highest BCUT2D eigenvalue weighted by Crippen LogP contribution is 2.14. The summed E-state index contributed by atoms with van der Waals surface area (Å²) in [6.07, 6.45) is -0.599. The van der Waals surface area contributed by atoms with Gasteiger partial charge in [0.15, 0.2) is 0 Å². The fraction of sp³-hybridized carbons (Fsp3) is 0.429. The SMILES string of the molecule is CC(C)CC(NC(=O)CNC(=O)c1cc(Cl)ccc1F)OB(O)O. The summed E-state index contributed by atoms with van der Waals surface area (Å²) in [5.74, 6) is -2.07. The first-order chi connectivity index (χ1) is 11.2. The average Bonchev–Trinajstić information content (AvgIpc) is 2.45. The summed E-state index contributed by atoms with van der Waals surface area (Å²) >= 11 is 5.70. The molecule has 1 aromatic rings. The Bertz CT molecular complexity index is 578. The van der Waals surface area contributed by atoms with Crippen LogP contribution in [0.2, 0.25) is 5.02 Å². The maximum atomic E-state index is 13.5. The van der Waals surface area contributed by atoms with E-state index in [1.54, 1.807) is 0 Å². The smallest absolute Gasteiger partial charge is 0.402 e. The molecule has 0 aliphatic carbocycles. The first-order valence-corrected chi connectivity index (χ1v) is 7.61. The zero-order valence-corrected chi connectivity index (χ0v) is 14.0. The average molecular weight is 361 g/mol. The maximum absolute atomic E-state index is 13.5. The molecule has 132 valence electrons. The van der Waals surface area contributed by atoms with E-state index in [0.29, 0.717) is 6.42 Å². The topological polar surface area (TPSA) is 108 Å². The van der Waals surface area contributed by atoms with Crippen molar-refractivity contribution < 1.29 is 28.7 Å². The lowest BCUT2D eigenvalue weighted by molar-refractivity contribution is -0.123. The Morgan fingerprint density at radius 3 is 2.62 bits per heavy atom. The minimum absolute atomic E-state index is 0.115. The third-order valence-corrected chi connectivity index (χ3v) is 3.11. The summed E-state index contributed by atoms with van der Waals surface area (Å²) in [5, 5.41) is 22.5. The van der Waals surface area contributed by atoms with E-state index in [1.165, 1.54) is 6.07 Å². The van der Waals surface area contributed by atoms with E-state index < -0.39 is 37.7 Å². The van der Waals surface area contributed by atoms with E-state index in [2.05, 4.69) is 10.6 Å². The molecular formula is C14H19BClFN2O5. The second kappa shape index (κ2) is 9.58. The van der Waals surface area contributed by atoms with Gasteiger partial charge in [0.25, 0.3) is 5.91 Å². The number of amides is 2. The van der Waals surface area contributed by atoms with E-state index in [0.717, 1.165) is 12.1 Å². The molecule has 0 aromatic heterocycles. The van der Waals surface area contributed by atoms with Crippen molar-refractivity contribution in [2.75, 3.05) is 6.54 Å². The number of hydrogen-bond donors (Lipinski definition) is 4. The molecule has 7 nitrogen and oxygen atoms in total. The van der Waals surface area contributed by atoms with Crippen LogP contribution in [0.15, 0.2) is 18.2 Å². The molecule has 0 saturated carbocycles. The van der Waals surface area contributed by atoms with Crippen LogP contribution in [-0.4, -0.2) is 42.0 Å². The van der Waals surface area contributed by atoms with Crippen molar-refractivity contribution in [3.05, 3.63) is 34.6 Å². The third-order valence-electron chi connectivity index (χ3n) is 2.88. The molecule has 0 aliphatic rings. The fourth-order valence-corrected chi connectivity index (χ4v) is 2.05. The van der Waals surface area contributed by atoms with Crippen molar-refractivity contribution in [1.82, 2.24) is 10.6 Å². The molecule has 0 spiro atoms. The van der Waals surface area contributed by atoms with Crippen LogP contribution in [0, 0.1) is 11.7 Å². The molecule has 1 unspecified atom stereocenters. The Labute approximate surface area is 144 Å². The second-order valence-electron chi connectivity index (χ2n) is 5.45. The molecule has 0 saturated heterocycles.